The van der Waals surface area contributed by atoms with Crippen molar-refractivity contribution in [3.8, 4) is 0 Å². The van der Waals surface area contributed by atoms with Crippen molar-refractivity contribution in [1.82, 2.24) is 10.6 Å². The number of rotatable bonds is 10. The van der Waals surface area contributed by atoms with Crippen molar-refractivity contribution in [2.75, 3.05) is 51.8 Å². The molecule has 1 saturated heterocycles. The van der Waals surface area contributed by atoms with Gasteiger partial charge in [-0.1, -0.05) is 0 Å². The Labute approximate surface area is 149 Å². The molecule has 0 saturated carbocycles. The molecule has 0 aromatic rings. The molecule has 0 aromatic heterocycles. The maximum Gasteiger partial charge on any atom is 0.191 e. The van der Waals surface area contributed by atoms with Gasteiger partial charge in [0, 0.05) is 60.1 Å². The molecule has 142 valence electrons. The van der Waals surface area contributed by atoms with Crippen LogP contribution in [-0.2, 0) is 20.3 Å². The highest BCUT2D eigenvalue weighted by Crippen LogP contribution is 2.12. The number of ether oxygens (including phenoxy) is 2. The Bertz CT molecular complexity index is 391. The molecule has 24 heavy (non-hydrogen) atoms. The van der Waals surface area contributed by atoms with E-state index in [0.717, 1.165) is 58.3 Å². The fourth-order valence-corrected chi connectivity index (χ4v) is 3.13. The first-order valence-electron chi connectivity index (χ1n) is 8.99. The van der Waals surface area contributed by atoms with Crippen molar-refractivity contribution >= 4 is 16.8 Å². The lowest BCUT2D eigenvalue weighted by atomic mass is 10.1. The molecular weight excluding hydrogens is 326 g/mol. The standard InChI is InChI=1S/C17H35N3O3S/c1-5-18-16(20-9-12-24(21)17(2,3)4)19-8-6-10-22-13-15-7-11-23-14-15/h15H,5-14H2,1-4H3,(H2,18,19,20). The van der Waals surface area contributed by atoms with Crippen LogP contribution in [0.1, 0.15) is 40.5 Å². The minimum absolute atomic E-state index is 0.168. The highest BCUT2D eigenvalue weighted by Gasteiger charge is 2.18. The first kappa shape index (κ1) is 21.4. The van der Waals surface area contributed by atoms with Crippen LogP contribution in [0.25, 0.3) is 0 Å². The monoisotopic (exact) mass is 361 g/mol. The molecule has 0 radical (unpaired) electrons. The second kappa shape index (κ2) is 11.8. The van der Waals surface area contributed by atoms with E-state index in [1.807, 2.05) is 27.7 Å². The van der Waals surface area contributed by atoms with E-state index in [1.165, 1.54) is 0 Å². The fourth-order valence-electron chi connectivity index (χ4n) is 2.23. The van der Waals surface area contributed by atoms with Crippen molar-refractivity contribution in [3.63, 3.8) is 0 Å². The third-order valence-electron chi connectivity index (χ3n) is 3.70. The molecule has 0 aliphatic carbocycles. The molecule has 1 rings (SSSR count). The Balaban J connectivity index is 2.15. The third kappa shape index (κ3) is 9.59. The molecule has 0 bridgehead atoms. The molecular formula is C17H35N3O3S. The summed E-state index contributed by atoms with van der Waals surface area (Å²) in [5.74, 6) is 1.98. The average molecular weight is 362 g/mol. The normalized spacial score (nSPS) is 20.2. The van der Waals surface area contributed by atoms with Gasteiger partial charge in [0.1, 0.15) is 0 Å². The van der Waals surface area contributed by atoms with Crippen molar-refractivity contribution in [2.24, 2.45) is 10.9 Å². The molecule has 0 amide bonds. The van der Waals surface area contributed by atoms with Crippen LogP contribution < -0.4 is 10.6 Å². The summed E-state index contributed by atoms with van der Waals surface area (Å²) >= 11 is 0. The second-order valence-electron chi connectivity index (χ2n) is 7.01. The van der Waals surface area contributed by atoms with Gasteiger partial charge in [-0.3, -0.25) is 9.20 Å². The van der Waals surface area contributed by atoms with Crippen LogP contribution in [0.2, 0.25) is 0 Å². The van der Waals surface area contributed by atoms with Gasteiger partial charge in [-0.25, -0.2) is 0 Å². The number of hydrogen-bond acceptors (Lipinski definition) is 4. The van der Waals surface area contributed by atoms with Crippen LogP contribution in [-0.4, -0.2) is 66.7 Å². The van der Waals surface area contributed by atoms with E-state index in [4.69, 9.17) is 9.47 Å². The Hall–Kier alpha value is -0.660. The molecule has 1 fully saturated rings. The van der Waals surface area contributed by atoms with Gasteiger partial charge in [0.05, 0.1) is 13.2 Å². The highest BCUT2D eigenvalue weighted by molar-refractivity contribution is 7.86. The van der Waals surface area contributed by atoms with Gasteiger partial charge in [0.2, 0.25) is 0 Å². The number of nitrogens with zero attached hydrogens (tertiary/aromatic N) is 1. The van der Waals surface area contributed by atoms with Crippen LogP contribution in [0.5, 0.6) is 0 Å². The lowest BCUT2D eigenvalue weighted by molar-refractivity contribution is 0.0893. The van der Waals surface area contributed by atoms with Gasteiger partial charge in [-0.05, 0) is 40.5 Å². The summed E-state index contributed by atoms with van der Waals surface area (Å²) in [4.78, 5) is 4.53. The number of aliphatic imine (C=N–C) groups is 1. The molecule has 7 heteroatoms. The number of nitrogens with one attached hydrogen (secondary N) is 2. The highest BCUT2D eigenvalue weighted by atomic mass is 32.2. The molecule has 1 heterocycles. The van der Waals surface area contributed by atoms with E-state index in [-0.39, 0.29) is 4.75 Å². The zero-order valence-corrected chi connectivity index (χ0v) is 16.5. The predicted octanol–water partition coefficient (Wildman–Crippen LogP) is 1.53. The van der Waals surface area contributed by atoms with E-state index in [1.54, 1.807) is 0 Å². The van der Waals surface area contributed by atoms with Crippen molar-refractivity contribution in [3.05, 3.63) is 0 Å². The van der Waals surface area contributed by atoms with Crippen LogP contribution in [0, 0.1) is 5.92 Å². The van der Waals surface area contributed by atoms with Gasteiger partial charge in [-0.2, -0.15) is 0 Å². The number of guanidine groups is 1. The Kier molecular flexibility index (Phi) is 10.5. The summed E-state index contributed by atoms with van der Waals surface area (Å²) < 4.78 is 22.9. The lowest BCUT2D eigenvalue weighted by Gasteiger charge is -2.18. The molecule has 2 atom stereocenters. The van der Waals surface area contributed by atoms with E-state index in [0.29, 0.717) is 18.2 Å². The van der Waals surface area contributed by atoms with Crippen molar-refractivity contribution < 1.29 is 13.7 Å². The van der Waals surface area contributed by atoms with E-state index >= 15 is 0 Å². The Morgan fingerprint density at radius 1 is 1.38 bits per heavy atom. The molecule has 0 spiro atoms. The topological polar surface area (TPSA) is 72.0 Å². The first-order chi connectivity index (χ1) is 11.4. The molecule has 1 aliphatic heterocycles. The van der Waals surface area contributed by atoms with Crippen LogP contribution in [0.15, 0.2) is 4.99 Å². The summed E-state index contributed by atoms with van der Waals surface area (Å²) in [6.07, 6.45) is 2.01. The molecule has 1 aliphatic rings. The zero-order valence-electron chi connectivity index (χ0n) is 15.7. The summed E-state index contributed by atoms with van der Waals surface area (Å²) in [5.41, 5.74) is 0. The van der Waals surface area contributed by atoms with Crippen molar-refractivity contribution in [1.29, 1.82) is 0 Å². The average Bonchev–Trinajstić information content (AvgIpc) is 3.02. The van der Waals surface area contributed by atoms with Crippen LogP contribution in [0.4, 0.5) is 0 Å². The van der Waals surface area contributed by atoms with Gasteiger partial charge in [-0.15, -0.1) is 0 Å². The van der Waals surface area contributed by atoms with Gasteiger partial charge >= 0.3 is 0 Å². The quantitative estimate of drug-likeness (QED) is 0.351. The minimum atomic E-state index is -0.845. The maximum absolute atomic E-state index is 12.0. The SMILES string of the molecule is CCNC(=NCCCOCC1CCOC1)NCCS(=O)C(C)(C)C. The molecule has 6 nitrogen and oxygen atoms in total. The minimum Gasteiger partial charge on any atom is -0.381 e. The maximum atomic E-state index is 12.0. The zero-order chi connectivity index (χ0) is 17.8. The van der Waals surface area contributed by atoms with Gasteiger partial charge < -0.3 is 20.1 Å². The first-order valence-corrected chi connectivity index (χ1v) is 10.3. The van der Waals surface area contributed by atoms with E-state index < -0.39 is 10.8 Å². The Morgan fingerprint density at radius 2 is 2.17 bits per heavy atom. The summed E-state index contributed by atoms with van der Waals surface area (Å²) in [7, 11) is -0.845. The smallest absolute Gasteiger partial charge is 0.191 e. The number of hydrogen-bond donors (Lipinski definition) is 2. The third-order valence-corrected chi connectivity index (χ3v) is 5.64. The second-order valence-corrected chi connectivity index (χ2v) is 9.33. The van der Waals surface area contributed by atoms with Crippen LogP contribution in [0.3, 0.4) is 0 Å². The summed E-state index contributed by atoms with van der Waals surface area (Å²) in [5, 5.41) is 6.46. The largest absolute Gasteiger partial charge is 0.381 e. The van der Waals surface area contributed by atoms with Gasteiger partial charge in [0.25, 0.3) is 0 Å². The Morgan fingerprint density at radius 3 is 2.79 bits per heavy atom. The summed E-state index contributed by atoms with van der Waals surface area (Å²) in [6.45, 7) is 13.5. The molecule has 0 aromatic carbocycles. The molecule has 2 N–H and O–H groups in total. The van der Waals surface area contributed by atoms with Crippen LogP contribution >= 0.6 is 0 Å². The summed E-state index contributed by atoms with van der Waals surface area (Å²) in [6, 6.07) is 0. The molecule has 2 unspecified atom stereocenters. The van der Waals surface area contributed by atoms with E-state index in [9.17, 15) is 4.21 Å². The van der Waals surface area contributed by atoms with Gasteiger partial charge in [0.15, 0.2) is 5.96 Å². The predicted molar refractivity (Wildman–Crippen MR) is 101 cm³/mol. The lowest BCUT2D eigenvalue weighted by Crippen LogP contribution is -2.40. The fraction of sp³-hybridized carbons (Fsp3) is 0.941. The van der Waals surface area contributed by atoms with E-state index in [2.05, 4.69) is 15.6 Å². The van der Waals surface area contributed by atoms with Crippen molar-refractivity contribution in [2.45, 2.75) is 45.3 Å².